The van der Waals surface area contributed by atoms with Crippen molar-refractivity contribution in [2.24, 2.45) is 5.92 Å². The van der Waals surface area contributed by atoms with E-state index in [1.54, 1.807) is 0 Å². The molecule has 9 heteroatoms. The molecule has 0 spiro atoms. The SMILES string of the molecule is COc1ccc(OC(F)(F)F)cc1CNC1C(c2ccccc2)N[C@H](C)C1C(O)O. The van der Waals surface area contributed by atoms with Crippen LogP contribution in [0.4, 0.5) is 13.2 Å². The van der Waals surface area contributed by atoms with E-state index in [1.807, 2.05) is 37.3 Å². The number of methoxy groups -OCH3 is 1. The third-order valence-electron chi connectivity index (χ3n) is 5.31. The fourth-order valence-electron chi connectivity index (χ4n) is 4.01. The molecule has 0 aromatic heterocycles. The summed E-state index contributed by atoms with van der Waals surface area (Å²) in [5.74, 6) is -0.486. The number of ether oxygens (including phenoxy) is 2. The van der Waals surface area contributed by atoms with Crippen LogP contribution in [0.25, 0.3) is 0 Å². The van der Waals surface area contributed by atoms with Crippen LogP contribution < -0.4 is 20.1 Å². The molecule has 30 heavy (non-hydrogen) atoms. The average Bonchev–Trinajstić information content (AvgIpc) is 3.02. The van der Waals surface area contributed by atoms with E-state index in [0.717, 1.165) is 5.56 Å². The van der Waals surface area contributed by atoms with Crippen LogP contribution in [0, 0.1) is 5.92 Å². The highest BCUT2D eigenvalue weighted by Crippen LogP contribution is 2.34. The summed E-state index contributed by atoms with van der Waals surface area (Å²) in [7, 11) is 1.43. The van der Waals surface area contributed by atoms with Crippen LogP contribution >= 0.6 is 0 Å². The Labute approximate surface area is 172 Å². The molecule has 1 aliphatic heterocycles. The Morgan fingerprint density at radius 2 is 1.83 bits per heavy atom. The number of aliphatic hydroxyl groups excluding tert-OH is 1. The minimum Gasteiger partial charge on any atom is -0.496 e. The van der Waals surface area contributed by atoms with Gasteiger partial charge in [0.2, 0.25) is 0 Å². The number of hydrogen-bond donors (Lipinski definition) is 4. The molecule has 0 radical (unpaired) electrons. The highest BCUT2D eigenvalue weighted by atomic mass is 19.4. The smallest absolute Gasteiger partial charge is 0.496 e. The Kier molecular flexibility index (Phi) is 6.87. The standard InChI is InChI=1S/C21H25F3N2O4/c1-12-17(20(27)28)19(18(26-12)13-6-4-3-5-7-13)25-11-14-10-15(30-21(22,23)24)8-9-16(14)29-2/h3-10,12,17-20,25-28H,11H2,1-2H3/t12-,17?,18?,19?/m1/s1. The van der Waals surface area contributed by atoms with Crippen LogP contribution in [0.1, 0.15) is 24.1 Å². The zero-order valence-electron chi connectivity index (χ0n) is 16.6. The summed E-state index contributed by atoms with van der Waals surface area (Å²) in [6.45, 7) is 2.00. The van der Waals surface area contributed by atoms with Crippen molar-refractivity contribution in [2.45, 2.75) is 44.2 Å². The number of benzene rings is 2. The summed E-state index contributed by atoms with van der Waals surface area (Å²) in [5.41, 5.74) is 1.42. The summed E-state index contributed by atoms with van der Waals surface area (Å²) in [4.78, 5) is 0. The molecule has 1 heterocycles. The molecule has 1 saturated heterocycles. The Hall–Kier alpha value is -2.33. The van der Waals surface area contributed by atoms with E-state index in [9.17, 15) is 23.4 Å². The molecular weight excluding hydrogens is 401 g/mol. The largest absolute Gasteiger partial charge is 0.573 e. The Morgan fingerprint density at radius 3 is 2.43 bits per heavy atom. The molecular formula is C21H25F3N2O4. The van der Waals surface area contributed by atoms with Crippen molar-refractivity contribution >= 4 is 0 Å². The van der Waals surface area contributed by atoms with Gasteiger partial charge in [-0.2, -0.15) is 0 Å². The maximum atomic E-state index is 12.6. The van der Waals surface area contributed by atoms with Gasteiger partial charge in [-0.25, -0.2) is 0 Å². The second-order valence-corrected chi connectivity index (χ2v) is 7.26. The maximum Gasteiger partial charge on any atom is 0.573 e. The van der Waals surface area contributed by atoms with E-state index in [4.69, 9.17) is 4.74 Å². The summed E-state index contributed by atoms with van der Waals surface area (Å²) in [6, 6.07) is 12.6. The molecule has 4 N–H and O–H groups in total. The van der Waals surface area contributed by atoms with Crippen molar-refractivity contribution in [1.29, 1.82) is 0 Å². The third kappa shape index (κ3) is 5.23. The second-order valence-electron chi connectivity index (χ2n) is 7.26. The lowest BCUT2D eigenvalue weighted by molar-refractivity contribution is -0.274. The monoisotopic (exact) mass is 426 g/mol. The molecule has 3 unspecified atom stereocenters. The van der Waals surface area contributed by atoms with Gasteiger partial charge in [0, 0.05) is 36.2 Å². The zero-order chi connectivity index (χ0) is 21.9. The molecule has 0 saturated carbocycles. The quantitative estimate of drug-likeness (QED) is 0.510. The first-order valence-electron chi connectivity index (χ1n) is 9.53. The van der Waals surface area contributed by atoms with E-state index in [-0.39, 0.29) is 30.4 Å². The van der Waals surface area contributed by atoms with Gasteiger partial charge in [0.1, 0.15) is 11.5 Å². The number of aliphatic hydroxyl groups is 2. The summed E-state index contributed by atoms with van der Waals surface area (Å²) in [5, 5.41) is 26.5. The predicted molar refractivity (Wildman–Crippen MR) is 104 cm³/mol. The topological polar surface area (TPSA) is 83.0 Å². The second kappa shape index (κ2) is 9.22. The number of rotatable bonds is 7. The van der Waals surface area contributed by atoms with E-state index >= 15 is 0 Å². The van der Waals surface area contributed by atoms with Gasteiger partial charge in [-0.1, -0.05) is 30.3 Å². The molecule has 1 fully saturated rings. The van der Waals surface area contributed by atoms with E-state index in [2.05, 4.69) is 15.4 Å². The zero-order valence-corrected chi connectivity index (χ0v) is 16.6. The normalized spacial score (nSPS) is 24.3. The van der Waals surface area contributed by atoms with E-state index in [1.165, 1.54) is 25.3 Å². The van der Waals surface area contributed by atoms with Gasteiger partial charge in [-0.3, -0.25) is 0 Å². The number of alkyl halides is 3. The van der Waals surface area contributed by atoms with Crippen molar-refractivity contribution in [3.05, 3.63) is 59.7 Å². The molecule has 0 amide bonds. The lowest BCUT2D eigenvalue weighted by Crippen LogP contribution is -2.43. The van der Waals surface area contributed by atoms with Crippen molar-refractivity contribution in [2.75, 3.05) is 7.11 Å². The molecule has 1 aliphatic rings. The van der Waals surface area contributed by atoms with Gasteiger partial charge in [-0.15, -0.1) is 13.2 Å². The van der Waals surface area contributed by atoms with Crippen LogP contribution in [0.15, 0.2) is 48.5 Å². The van der Waals surface area contributed by atoms with Crippen LogP contribution in [-0.2, 0) is 6.54 Å². The molecule has 4 atom stereocenters. The molecule has 0 aliphatic carbocycles. The van der Waals surface area contributed by atoms with Crippen molar-refractivity contribution < 1.29 is 32.9 Å². The van der Waals surface area contributed by atoms with Gasteiger partial charge < -0.3 is 30.3 Å². The first-order chi connectivity index (χ1) is 14.2. The van der Waals surface area contributed by atoms with Crippen LogP contribution in [-0.4, -0.2) is 42.1 Å². The molecule has 3 rings (SSSR count). The van der Waals surface area contributed by atoms with Gasteiger partial charge in [-0.05, 0) is 30.7 Å². The average molecular weight is 426 g/mol. The van der Waals surface area contributed by atoms with Crippen molar-refractivity contribution in [3.8, 4) is 11.5 Å². The van der Waals surface area contributed by atoms with E-state index < -0.39 is 18.6 Å². The maximum absolute atomic E-state index is 12.6. The highest BCUT2D eigenvalue weighted by Gasteiger charge is 2.44. The summed E-state index contributed by atoms with van der Waals surface area (Å²) < 4.78 is 47.0. The lowest BCUT2D eigenvalue weighted by Gasteiger charge is -2.28. The summed E-state index contributed by atoms with van der Waals surface area (Å²) in [6.07, 6.45) is -6.37. The molecule has 0 bridgehead atoms. The first-order valence-corrected chi connectivity index (χ1v) is 9.53. The Bertz CT molecular complexity index is 833. The fourth-order valence-corrected chi connectivity index (χ4v) is 4.01. The fraction of sp³-hybridized carbons (Fsp3) is 0.429. The van der Waals surface area contributed by atoms with Gasteiger partial charge >= 0.3 is 6.36 Å². The van der Waals surface area contributed by atoms with Crippen LogP contribution in [0.5, 0.6) is 11.5 Å². The number of nitrogens with one attached hydrogen (secondary N) is 2. The highest BCUT2D eigenvalue weighted by molar-refractivity contribution is 5.40. The minimum atomic E-state index is -4.80. The first kappa shape index (κ1) is 22.4. The van der Waals surface area contributed by atoms with Gasteiger partial charge in [0.25, 0.3) is 0 Å². The molecule has 164 valence electrons. The number of hydrogen-bond acceptors (Lipinski definition) is 6. The molecule has 2 aromatic carbocycles. The third-order valence-corrected chi connectivity index (χ3v) is 5.31. The minimum absolute atomic E-state index is 0.143. The van der Waals surface area contributed by atoms with Gasteiger partial charge in [0.15, 0.2) is 6.29 Å². The molecule has 6 nitrogen and oxygen atoms in total. The summed E-state index contributed by atoms with van der Waals surface area (Å²) >= 11 is 0. The van der Waals surface area contributed by atoms with Crippen LogP contribution in [0.3, 0.4) is 0 Å². The van der Waals surface area contributed by atoms with Crippen molar-refractivity contribution in [3.63, 3.8) is 0 Å². The predicted octanol–water partition coefficient (Wildman–Crippen LogP) is 2.71. The number of halogens is 3. The van der Waals surface area contributed by atoms with E-state index in [0.29, 0.717) is 11.3 Å². The Morgan fingerprint density at radius 1 is 1.13 bits per heavy atom. The van der Waals surface area contributed by atoms with Gasteiger partial charge in [0.05, 0.1) is 7.11 Å². The lowest BCUT2D eigenvalue weighted by atomic mass is 9.90. The molecule has 2 aromatic rings. The Balaban J connectivity index is 1.84. The van der Waals surface area contributed by atoms with Crippen LogP contribution in [0.2, 0.25) is 0 Å². The van der Waals surface area contributed by atoms with Crippen molar-refractivity contribution in [1.82, 2.24) is 10.6 Å².